The Labute approximate surface area is 121 Å². The summed E-state index contributed by atoms with van der Waals surface area (Å²) in [5.41, 5.74) is 2.36. The van der Waals surface area contributed by atoms with Gasteiger partial charge in [0.05, 0.1) is 17.6 Å². The van der Waals surface area contributed by atoms with E-state index in [4.69, 9.17) is 4.98 Å². The fraction of sp³-hybridized carbons (Fsp3) is 0.588. The Morgan fingerprint density at radius 3 is 2.90 bits per heavy atom. The van der Waals surface area contributed by atoms with Gasteiger partial charge in [-0.05, 0) is 43.9 Å². The smallest absolute Gasteiger partial charge is 0.123 e. The summed E-state index contributed by atoms with van der Waals surface area (Å²) in [6, 6.07) is 8.42. The first-order valence-corrected chi connectivity index (χ1v) is 7.94. The molecule has 3 rings (SSSR count). The summed E-state index contributed by atoms with van der Waals surface area (Å²) in [6.07, 6.45) is 4.19. The predicted octanol–water partition coefficient (Wildman–Crippen LogP) is 3.58. The highest BCUT2D eigenvalue weighted by Gasteiger charge is 2.22. The molecule has 1 N–H and O–H groups in total. The molecule has 0 bridgehead atoms. The fourth-order valence-electron chi connectivity index (χ4n) is 3.51. The summed E-state index contributed by atoms with van der Waals surface area (Å²) in [4.78, 5) is 4.77. The lowest BCUT2D eigenvalue weighted by Gasteiger charge is -2.16. The molecule has 1 aliphatic carbocycles. The van der Waals surface area contributed by atoms with Crippen LogP contribution in [0.25, 0.3) is 11.0 Å². The maximum Gasteiger partial charge on any atom is 0.123 e. The molecule has 108 valence electrons. The van der Waals surface area contributed by atoms with Crippen LogP contribution in [0.1, 0.15) is 38.9 Å². The number of para-hydroxylation sites is 2. The molecule has 3 heteroatoms. The summed E-state index contributed by atoms with van der Waals surface area (Å²) in [6.45, 7) is 7.58. The number of nitrogens with one attached hydrogen (secondary N) is 1. The largest absolute Gasteiger partial charge is 0.327 e. The van der Waals surface area contributed by atoms with E-state index in [1.165, 1.54) is 30.6 Å². The van der Waals surface area contributed by atoms with E-state index >= 15 is 0 Å². The quantitative estimate of drug-likeness (QED) is 0.900. The number of fused-ring (bicyclic) bond motifs is 1. The Morgan fingerprint density at radius 1 is 1.30 bits per heavy atom. The second kappa shape index (κ2) is 5.96. The van der Waals surface area contributed by atoms with Gasteiger partial charge in [0.25, 0.3) is 0 Å². The SMILES string of the molecule is CCn1c(CNCC2CCCC2C)nc2ccccc21. The number of aromatic nitrogens is 2. The van der Waals surface area contributed by atoms with Crippen molar-refractivity contribution in [3.8, 4) is 0 Å². The predicted molar refractivity (Wildman–Crippen MR) is 83.6 cm³/mol. The lowest BCUT2D eigenvalue weighted by atomic mass is 9.98. The Kier molecular flexibility index (Phi) is 4.06. The highest BCUT2D eigenvalue weighted by atomic mass is 15.1. The van der Waals surface area contributed by atoms with Gasteiger partial charge in [0, 0.05) is 6.54 Å². The van der Waals surface area contributed by atoms with Crippen LogP contribution in [-0.4, -0.2) is 16.1 Å². The number of hydrogen-bond donors (Lipinski definition) is 1. The minimum absolute atomic E-state index is 0.856. The molecule has 1 aromatic carbocycles. The molecule has 0 saturated heterocycles. The van der Waals surface area contributed by atoms with E-state index in [1.807, 2.05) is 0 Å². The molecular weight excluding hydrogens is 246 g/mol. The normalized spacial score (nSPS) is 22.7. The minimum atomic E-state index is 0.856. The van der Waals surface area contributed by atoms with Gasteiger partial charge >= 0.3 is 0 Å². The van der Waals surface area contributed by atoms with Crippen LogP contribution in [0.2, 0.25) is 0 Å². The Morgan fingerprint density at radius 2 is 2.15 bits per heavy atom. The molecule has 1 saturated carbocycles. The summed E-state index contributed by atoms with van der Waals surface area (Å²) < 4.78 is 2.32. The van der Waals surface area contributed by atoms with Crippen LogP contribution >= 0.6 is 0 Å². The van der Waals surface area contributed by atoms with Crippen LogP contribution in [0.5, 0.6) is 0 Å². The van der Waals surface area contributed by atoms with Crippen LogP contribution in [0.3, 0.4) is 0 Å². The van der Waals surface area contributed by atoms with Gasteiger partial charge in [-0.15, -0.1) is 0 Å². The van der Waals surface area contributed by atoms with Crippen molar-refractivity contribution in [1.29, 1.82) is 0 Å². The zero-order valence-corrected chi connectivity index (χ0v) is 12.6. The molecule has 2 unspecified atom stereocenters. The van der Waals surface area contributed by atoms with Crippen molar-refractivity contribution in [2.45, 2.75) is 46.2 Å². The van der Waals surface area contributed by atoms with E-state index in [0.717, 1.165) is 37.0 Å². The average molecular weight is 271 g/mol. The van der Waals surface area contributed by atoms with E-state index in [9.17, 15) is 0 Å². The van der Waals surface area contributed by atoms with E-state index in [1.54, 1.807) is 0 Å². The molecule has 1 aromatic heterocycles. The van der Waals surface area contributed by atoms with Gasteiger partial charge in [0.1, 0.15) is 5.82 Å². The molecule has 0 spiro atoms. The highest BCUT2D eigenvalue weighted by Crippen LogP contribution is 2.30. The molecule has 1 heterocycles. The van der Waals surface area contributed by atoms with E-state index < -0.39 is 0 Å². The molecule has 0 amide bonds. The standard InChI is InChI=1S/C17H25N3/c1-3-20-16-10-5-4-9-15(16)19-17(20)12-18-11-14-8-6-7-13(14)2/h4-5,9-10,13-14,18H,3,6-8,11-12H2,1-2H3. The third-order valence-corrected chi connectivity index (χ3v) is 4.78. The lowest BCUT2D eigenvalue weighted by Crippen LogP contribution is -2.25. The van der Waals surface area contributed by atoms with Crippen molar-refractivity contribution in [2.75, 3.05) is 6.54 Å². The summed E-state index contributed by atoms with van der Waals surface area (Å²) >= 11 is 0. The molecule has 20 heavy (non-hydrogen) atoms. The molecule has 1 fully saturated rings. The molecule has 0 radical (unpaired) electrons. The van der Waals surface area contributed by atoms with Gasteiger partial charge in [-0.2, -0.15) is 0 Å². The van der Waals surface area contributed by atoms with Gasteiger partial charge in [0.2, 0.25) is 0 Å². The van der Waals surface area contributed by atoms with Crippen molar-refractivity contribution in [2.24, 2.45) is 11.8 Å². The Bertz CT molecular complexity index is 573. The Hall–Kier alpha value is -1.35. The number of rotatable bonds is 5. The second-order valence-electron chi connectivity index (χ2n) is 6.06. The summed E-state index contributed by atoms with van der Waals surface area (Å²) in [5.74, 6) is 2.90. The van der Waals surface area contributed by atoms with Gasteiger partial charge in [0.15, 0.2) is 0 Å². The van der Waals surface area contributed by atoms with E-state index in [-0.39, 0.29) is 0 Å². The van der Waals surface area contributed by atoms with Gasteiger partial charge < -0.3 is 9.88 Å². The third-order valence-electron chi connectivity index (χ3n) is 4.78. The van der Waals surface area contributed by atoms with Gasteiger partial charge in [-0.1, -0.05) is 31.9 Å². The molecule has 2 aromatic rings. The first-order chi connectivity index (χ1) is 9.79. The van der Waals surface area contributed by atoms with Crippen molar-refractivity contribution < 1.29 is 0 Å². The molecule has 1 aliphatic rings. The lowest BCUT2D eigenvalue weighted by molar-refractivity contribution is 0.388. The van der Waals surface area contributed by atoms with E-state index in [2.05, 4.69) is 48.0 Å². The monoisotopic (exact) mass is 271 g/mol. The molecule has 3 nitrogen and oxygen atoms in total. The summed E-state index contributed by atoms with van der Waals surface area (Å²) in [7, 11) is 0. The van der Waals surface area contributed by atoms with Crippen LogP contribution in [0.15, 0.2) is 24.3 Å². The average Bonchev–Trinajstić information content (AvgIpc) is 3.02. The maximum absolute atomic E-state index is 4.77. The third kappa shape index (κ3) is 2.59. The van der Waals surface area contributed by atoms with Crippen molar-refractivity contribution in [3.05, 3.63) is 30.1 Å². The first-order valence-electron chi connectivity index (χ1n) is 7.94. The molecule has 2 atom stereocenters. The second-order valence-corrected chi connectivity index (χ2v) is 6.06. The van der Waals surface area contributed by atoms with E-state index in [0.29, 0.717) is 0 Å². The topological polar surface area (TPSA) is 29.9 Å². The zero-order valence-electron chi connectivity index (χ0n) is 12.6. The van der Waals surface area contributed by atoms with Gasteiger partial charge in [-0.3, -0.25) is 0 Å². The van der Waals surface area contributed by atoms with Crippen LogP contribution in [0, 0.1) is 11.8 Å². The van der Waals surface area contributed by atoms with Crippen LogP contribution in [-0.2, 0) is 13.1 Å². The maximum atomic E-state index is 4.77. The van der Waals surface area contributed by atoms with Gasteiger partial charge in [-0.25, -0.2) is 4.98 Å². The fourth-order valence-corrected chi connectivity index (χ4v) is 3.51. The number of aryl methyl sites for hydroxylation is 1. The minimum Gasteiger partial charge on any atom is -0.327 e. The first kappa shape index (κ1) is 13.6. The highest BCUT2D eigenvalue weighted by molar-refractivity contribution is 5.75. The number of hydrogen-bond acceptors (Lipinski definition) is 2. The number of benzene rings is 1. The van der Waals surface area contributed by atoms with Crippen LogP contribution < -0.4 is 5.32 Å². The zero-order chi connectivity index (χ0) is 13.9. The van der Waals surface area contributed by atoms with Crippen molar-refractivity contribution in [3.63, 3.8) is 0 Å². The number of nitrogens with zero attached hydrogens (tertiary/aromatic N) is 2. The Balaban J connectivity index is 1.68. The number of imidazole rings is 1. The van der Waals surface area contributed by atoms with Crippen molar-refractivity contribution in [1.82, 2.24) is 14.9 Å². The molecule has 0 aliphatic heterocycles. The summed E-state index contributed by atoms with van der Waals surface area (Å²) in [5, 5.41) is 3.63. The van der Waals surface area contributed by atoms with Crippen LogP contribution in [0.4, 0.5) is 0 Å². The van der Waals surface area contributed by atoms with Crippen molar-refractivity contribution >= 4 is 11.0 Å². The molecular formula is C17H25N3.